The third kappa shape index (κ3) is 33.7. The first-order chi connectivity index (χ1) is 66.4. The Labute approximate surface area is 840 Å². The van der Waals surface area contributed by atoms with E-state index >= 15 is 0 Å². The van der Waals surface area contributed by atoms with E-state index in [1.165, 1.54) is 77.3 Å². The highest BCUT2D eigenvalue weighted by molar-refractivity contribution is 5.94. The molecule has 5 amide bonds. The summed E-state index contributed by atoms with van der Waals surface area (Å²) < 4.78 is 94.5. The molecule has 20 nitrogen and oxygen atoms in total. The molecule has 5 aliphatic heterocycles. The van der Waals surface area contributed by atoms with Crippen molar-refractivity contribution in [2.45, 2.75) is 169 Å². The van der Waals surface area contributed by atoms with Crippen LogP contribution < -0.4 is 51.5 Å². The normalized spacial score (nSPS) is 13.5. The summed E-state index contributed by atoms with van der Waals surface area (Å²) in [5, 5.41) is 19.6. The quantitative estimate of drug-likeness (QED) is 0.0291. The van der Waals surface area contributed by atoms with E-state index < -0.39 is 12.2 Å². The van der Waals surface area contributed by atoms with E-state index in [4.69, 9.17) is 23.7 Å². The molecule has 10 aromatic carbocycles. The molecule has 762 valence electrons. The minimum atomic E-state index is -0.472. The van der Waals surface area contributed by atoms with Crippen molar-refractivity contribution in [3.63, 3.8) is 0 Å². The van der Waals surface area contributed by atoms with Crippen LogP contribution in [-0.4, -0.2) is 156 Å². The predicted molar refractivity (Wildman–Crippen MR) is 575 cm³/mol. The summed E-state index contributed by atoms with van der Waals surface area (Å²) in [5.74, 6) is -1.19. The zero-order valence-electron chi connectivity index (χ0n) is 80.5. The Hall–Kier alpha value is -13.3. The molecule has 15 rings (SSSR count). The number of carbonyl (C=O) groups excluding carboxylic acids is 5. The maximum atomic E-state index is 13.9. The van der Waals surface area contributed by atoms with E-state index in [2.05, 4.69) is 31.9 Å². The second-order valence-corrected chi connectivity index (χ2v) is 33.9. The molecule has 25 heteroatoms. The number of rotatable bonds is 21. The van der Waals surface area contributed by atoms with Gasteiger partial charge in [-0.3, -0.25) is 24.9 Å². The minimum Gasteiger partial charge on any atom is -0.452 e. The Balaban J connectivity index is 0.000000269. The molecule has 0 spiro atoms. The average molecular weight is 1950 g/mol. The van der Waals surface area contributed by atoms with Gasteiger partial charge in [-0.25, -0.2) is 45.9 Å². The highest BCUT2D eigenvalue weighted by Gasteiger charge is 2.26. The zero-order valence-corrected chi connectivity index (χ0v) is 80.5. The number of hydrogen-bond donors (Lipinski definition) is 6. The Kier molecular flexibility index (Phi) is 49.7. The van der Waals surface area contributed by atoms with Gasteiger partial charge in [-0.15, -0.1) is 0 Å². The lowest BCUT2D eigenvalue weighted by Gasteiger charge is -2.23. The number of methoxy groups -OCH3 is 2. The lowest BCUT2D eigenvalue weighted by molar-refractivity contribution is 0.122. The highest BCUT2D eigenvalue weighted by atomic mass is 19.1. The van der Waals surface area contributed by atoms with Gasteiger partial charge in [-0.2, -0.15) is 0 Å². The molecular weight excluding hydrogens is 1800 g/mol. The molecule has 10 aromatic rings. The summed E-state index contributed by atoms with van der Waals surface area (Å²) in [5.41, 5.74) is 25.4. The van der Waals surface area contributed by atoms with Crippen molar-refractivity contribution >= 4 is 86.8 Å². The fourth-order valence-electron chi connectivity index (χ4n) is 17.4. The first-order valence-corrected chi connectivity index (χ1v) is 47.4. The molecule has 5 aliphatic rings. The van der Waals surface area contributed by atoms with E-state index in [9.17, 15) is 45.9 Å². The van der Waals surface area contributed by atoms with Crippen LogP contribution in [0.3, 0.4) is 0 Å². The molecule has 142 heavy (non-hydrogen) atoms. The van der Waals surface area contributed by atoms with Gasteiger partial charge in [-0.05, 0) is 390 Å². The Morgan fingerprint density at radius 3 is 0.761 bits per heavy atom. The molecule has 0 bridgehead atoms. The van der Waals surface area contributed by atoms with Gasteiger partial charge in [0, 0.05) is 55.1 Å². The van der Waals surface area contributed by atoms with E-state index in [1.54, 1.807) is 103 Å². The third-order valence-corrected chi connectivity index (χ3v) is 23.9. The maximum absolute atomic E-state index is 13.9. The molecule has 5 saturated heterocycles. The Morgan fingerprint density at radius 2 is 0.535 bits per heavy atom. The van der Waals surface area contributed by atoms with Gasteiger partial charge < -0.3 is 50.3 Å². The lowest BCUT2D eigenvalue weighted by atomic mass is 9.88. The number of carbonyl (C=O) groups is 5. The second-order valence-electron chi connectivity index (χ2n) is 33.9. The zero-order chi connectivity index (χ0) is 97.7. The number of piperidine rings is 5. The van der Waals surface area contributed by atoms with Crippen LogP contribution in [0, 0.1) is 29.1 Å². The molecule has 0 saturated carbocycles. The summed E-state index contributed by atoms with van der Waals surface area (Å²) in [6.07, 6.45) is 7.09. The lowest BCUT2D eigenvalue weighted by Crippen LogP contribution is -2.32. The molecule has 5 heterocycles. The SMILES string of the molecule is C.C.C.C.C.CC(C)OC(=O)Nc1ccc(C(=C2CCNCC2)c2cccc(F)c2)cc1.CCN(C(=O)OC(C)C)c1ccc(C(=C2CCNCC2)c2cccc(F)c2)cc1.CCN(C(=O)OC)c1ccc(C(=C2CCNCC2)c2cccc(F)c2)cc1.CCOC(=O)N(CC)c1ccc(C(=C2CCNCC2)c2cccc(F)c2)cc1.COC(=O)N(C)c1ccc(C(=C2CCNCC2)c2cccc(F)c2)cc1. The first kappa shape index (κ1) is 117. The highest BCUT2D eigenvalue weighted by Crippen LogP contribution is 2.40. The molecular formula is C117H149F5N10O10. The van der Waals surface area contributed by atoms with Crippen LogP contribution in [0.25, 0.3) is 27.9 Å². The molecule has 0 unspecified atom stereocenters. The first-order valence-electron chi connectivity index (χ1n) is 47.4. The van der Waals surface area contributed by atoms with Crippen LogP contribution in [0.15, 0.2) is 271 Å². The van der Waals surface area contributed by atoms with Crippen molar-refractivity contribution in [1.29, 1.82) is 0 Å². The maximum Gasteiger partial charge on any atom is 0.414 e. The smallest absolute Gasteiger partial charge is 0.414 e. The fraction of sp³-hybridized carbons (Fsp3) is 0.359. The summed E-state index contributed by atoms with van der Waals surface area (Å²) in [6.45, 7) is 26.0. The van der Waals surface area contributed by atoms with Crippen LogP contribution in [0.4, 0.5) is 74.4 Å². The number of amides is 5. The molecule has 0 aliphatic carbocycles. The number of ether oxygens (including phenoxy) is 5. The Morgan fingerprint density at radius 1 is 0.303 bits per heavy atom. The van der Waals surface area contributed by atoms with Crippen molar-refractivity contribution in [3.05, 3.63) is 355 Å². The van der Waals surface area contributed by atoms with Gasteiger partial charge in [0.1, 0.15) is 29.1 Å². The summed E-state index contributed by atoms with van der Waals surface area (Å²) in [7, 11) is 4.40. The largest absolute Gasteiger partial charge is 0.452 e. The Bertz CT molecular complexity index is 5810. The van der Waals surface area contributed by atoms with Crippen LogP contribution in [0.1, 0.15) is 212 Å². The van der Waals surface area contributed by atoms with Gasteiger partial charge in [0.2, 0.25) is 0 Å². The van der Waals surface area contributed by atoms with Crippen LogP contribution in [0.5, 0.6) is 0 Å². The number of hydrogen-bond acceptors (Lipinski definition) is 15. The van der Waals surface area contributed by atoms with Crippen LogP contribution in [-0.2, 0) is 23.7 Å². The number of benzene rings is 10. The van der Waals surface area contributed by atoms with Gasteiger partial charge in [0.25, 0.3) is 0 Å². The van der Waals surface area contributed by atoms with Crippen molar-refractivity contribution in [1.82, 2.24) is 26.6 Å². The fourth-order valence-corrected chi connectivity index (χ4v) is 17.4. The van der Waals surface area contributed by atoms with Crippen LogP contribution >= 0.6 is 0 Å². The number of anilines is 5. The standard InChI is InChI=1S/C24H29FN2O2.C23H27FN2O2.2C22H25FN2O2.C21H23FN2O2.5CH4/c1-4-27(24(28)29-17(2)3)22-10-8-18(9-11-22)23(19-12-14-26-15-13-19)20-6-5-7-21(25)16-20;1-3-26(23(27)28-4-2)21-10-8-17(9-11-21)22(18-12-14-25-15-13-18)19-6-5-7-20(24)16-19;1-15(2)27-22(26)25-20-8-6-16(7-9-20)21(17-10-12-24-13-11-17)18-4-3-5-19(23)14-18;1-3-25(22(26)27-2)20-9-7-16(8-10-20)21(17-11-13-24-14-12-17)18-5-4-6-19(23)15-18;1-24(21(25)26-2)19-8-6-15(7-9-19)20(16-10-12-23-13-11-16)17-4-3-5-18(22)14-17;;;;;/h5-11,16-17,26H,4,12-15H2,1-3H3;5-11,16,25H,3-4,12-15H2,1-2H3;3-9,14-15,24H,10-13H2,1-2H3,(H,25,26);4-10,15,24H,3,11-14H2,1-2H3;3-9,14,23H,10-13H2,1-2H3;5*1H4. The molecule has 0 atom stereocenters. The molecule has 0 radical (unpaired) electrons. The van der Waals surface area contributed by atoms with Crippen molar-refractivity contribution in [2.75, 3.05) is 138 Å². The van der Waals surface area contributed by atoms with E-state index in [-0.39, 0.29) is 96.7 Å². The van der Waals surface area contributed by atoms with Gasteiger partial charge in [0.15, 0.2) is 0 Å². The van der Waals surface area contributed by atoms with Gasteiger partial charge >= 0.3 is 30.5 Å². The number of nitrogens with one attached hydrogen (secondary N) is 6. The molecule has 0 aromatic heterocycles. The number of halogens is 5. The van der Waals surface area contributed by atoms with Crippen molar-refractivity contribution in [2.24, 2.45) is 0 Å². The summed E-state index contributed by atoms with van der Waals surface area (Å²) >= 11 is 0. The van der Waals surface area contributed by atoms with Gasteiger partial charge in [0.05, 0.1) is 33.0 Å². The third-order valence-electron chi connectivity index (χ3n) is 23.9. The van der Waals surface area contributed by atoms with Crippen molar-refractivity contribution in [3.8, 4) is 0 Å². The van der Waals surface area contributed by atoms with Crippen LogP contribution in [0.2, 0.25) is 0 Å². The van der Waals surface area contributed by atoms with E-state index in [0.717, 1.165) is 236 Å². The molecule has 5 fully saturated rings. The van der Waals surface area contributed by atoms with E-state index in [0.29, 0.717) is 31.9 Å². The summed E-state index contributed by atoms with van der Waals surface area (Å²) in [4.78, 5) is 66.1. The van der Waals surface area contributed by atoms with Gasteiger partial charge in [-0.1, -0.05) is 186 Å². The minimum absolute atomic E-state index is 0. The second kappa shape index (κ2) is 60.1. The monoisotopic (exact) mass is 1950 g/mol. The summed E-state index contributed by atoms with van der Waals surface area (Å²) in [6, 6.07) is 72.6. The number of nitrogens with zero attached hydrogens (tertiary/aromatic N) is 4. The van der Waals surface area contributed by atoms with Crippen molar-refractivity contribution < 1.29 is 69.6 Å². The molecule has 6 N–H and O–H groups in total. The predicted octanol–water partition coefficient (Wildman–Crippen LogP) is 27.3. The van der Waals surface area contributed by atoms with E-state index in [1.807, 2.05) is 186 Å². The average Bonchev–Trinajstić information content (AvgIpc) is 0.829. The topological polar surface area (TPSA) is 217 Å².